The summed E-state index contributed by atoms with van der Waals surface area (Å²) < 4.78 is 10.1. The Morgan fingerprint density at radius 1 is 1.83 bits per heavy atom. The highest BCUT2D eigenvalue weighted by molar-refractivity contribution is 5.75. The fourth-order valence-electron chi connectivity index (χ4n) is 1.13. The highest BCUT2D eigenvalue weighted by Gasteiger charge is 2.22. The summed E-state index contributed by atoms with van der Waals surface area (Å²) in [5, 5.41) is 0. The molecule has 1 heterocycles. The molecule has 1 aliphatic heterocycles. The van der Waals surface area contributed by atoms with E-state index in [1.807, 2.05) is 13.0 Å². The molecule has 0 aromatic heterocycles. The average molecular weight is 170 g/mol. The number of esters is 1. The lowest BCUT2D eigenvalue weighted by Crippen LogP contribution is -2.29. The number of ether oxygens (including phenoxy) is 2. The Morgan fingerprint density at radius 3 is 3.17 bits per heavy atom. The lowest BCUT2D eigenvalue weighted by molar-refractivity contribution is -0.156. The predicted octanol–water partition coefficient (Wildman–Crippen LogP) is 1.28. The molecule has 0 saturated heterocycles. The maximum absolute atomic E-state index is 11.2. The van der Waals surface area contributed by atoms with Crippen LogP contribution in [0.15, 0.2) is 11.6 Å². The number of hydrogen-bond donors (Lipinski definition) is 0. The third kappa shape index (κ3) is 2.34. The first kappa shape index (κ1) is 9.26. The van der Waals surface area contributed by atoms with E-state index in [4.69, 9.17) is 9.47 Å². The van der Waals surface area contributed by atoms with Gasteiger partial charge in [-0.15, -0.1) is 0 Å². The Labute approximate surface area is 72.4 Å². The van der Waals surface area contributed by atoms with Gasteiger partial charge >= 0.3 is 5.97 Å². The van der Waals surface area contributed by atoms with E-state index in [0.717, 1.165) is 0 Å². The maximum atomic E-state index is 11.2. The van der Waals surface area contributed by atoms with Crippen LogP contribution >= 0.6 is 0 Å². The minimum Gasteiger partial charge on any atom is -0.464 e. The topological polar surface area (TPSA) is 35.5 Å². The van der Waals surface area contributed by atoms with Crippen molar-refractivity contribution >= 4 is 5.97 Å². The molecule has 0 saturated carbocycles. The van der Waals surface area contributed by atoms with Crippen LogP contribution < -0.4 is 0 Å². The quantitative estimate of drug-likeness (QED) is 0.462. The normalized spacial score (nSPS) is 23.2. The van der Waals surface area contributed by atoms with Gasteiger partial charge in [0.05, 0.1) is 13.2 Å². The van der Waals surface area contributed by atoms with Crippen molar-refractivity contribution in [3.05, 3.63) is 11.6 Å². The summed E-state index contributed by atoms with van der Waals surface area (Å²) in [6.45, 7) is 4.73. The van der Waals surface area contributed by atoms with Crippen molar-refractivity contribution < 1.29 is 14.3 Å². The lowest BCUT2D eigenvalue weighted by atomic mass is 10.1. The van der Waals surface area contributed by atoms with E-state index in [9.17, 15) is 4.79 Å². The molecule has 12 heavy (non-hydrogen) atoms. The molecule has 1 aliphatic rings. The van der Waals surface area contributed by atoms with E-state index in [2.05, 4.69) is 0 Å². The summed E-state index contributed by atoms with van der Waals surface area (Å²) in [5.74, 6) is -0.245. The molecule has 0 bridgehead atoms. The zero-order valence-corrected chi connectivity index (χ0v) is 7.50. The van der Waals surface area contributed by atoms with E-state index < -0.39 is 0 Å². The number of carbonyl (C=O) groups excluding carboxylic acids is 1. The third-order valence-corrected chi connectivity index (χ3v) is 1.79. The molecule has 0 amide bonds. The van der Waals surface area contributed by atoms with E-state index in [-0.39, 0.29) is 12.1 Å². The van der Waals surface area contributed by atoms with Crippen molar-refractivity contribution in [1.29, 1.82) is 0 Å². The van der Waals surface area contributed by atoms with Crippen molar-refractivity contribution in [2.24, 2.45) is 0 Å². The minimum atomic E-state index is -0.380. The zero-order chi connectivity index (χ0) is 8.97. The first-order chi connectivity index (χ1) is 5.74. The Morgan fingerprint density at radius 2 is 2.58 bits per heavy atom. The number of rotatable bonds is 2. The van der Waals surface area contributed by atoms with Gasteiger partial charge in [0, 0.05) is 6.42 Å². The van der Waals surface area contributed by atoms with Crippen molar-refractivity contribution in [3.8, 4) is 0 Å². The van der Waals surface area contributed by atoms with E-state index in [0.29, 0.717) is 19.6 Å². The molecule has 3 nitrogen and oxygen atoms in total. The van der Waals surface area contributed by atoms with Gasteiger partial charge in [-0.1, -0.05) is 11.6 Å². The molecular formula is C9H14O3. The van der Waals surface area contributed by atoms with Crippen LogP contribution in [-0.4, -0.2) is 25.3 Å². The van der Waals surface area contributed by atoms with Crippen LogP contribution in [0, 0.1) is 0 Å². The molecule has 1 atom stereocenters. The summed E-state index contributed by atoms with van der Waals surface area (Å²) in [4.78, 5) is 11.2. The van der Waals surface area contributed by atoms with Gasteiger partial charge in [0.1, 0.15) is 0 Å². The monoisotopic (exact) mass is 170 g/mol. The molecule has 0 aromatic rings. The number of carbonyl (C=O) groups is 1. The molecule has 0 radical (unpaired) electrons. The summed E-state index contributed by atoms with van der Waals surface area (Å²) in [5.41, 5.74) is 1.19. The Hall–Kier alpha value is -0.830. The fraction of sp³-hybridized carbons (Fsp3) is 0.667. The molecule has 3 heteroatoms. The van der Waals surface area contributed by atoms with Gasteiger partial charge in [-0.05, 0) is 13.8 Å². The van der Waals surface area contributed by atoms with Gasteiger partial charge in [-0.25, -0.2) is 4.79 Å². The Bertz CT molecular complexity index is 196. The number of hydrogen-bond acceptors (Lipinski definition) is 3. The van der Waals surface area contributed by atoms with Crippen molar-refractivity contribution in [3.63, 3.8) is 0 Å². The van der Waals surface area contributed by atoms with Gasteiger partial charge in [0.25, 0.3) is 0 Å². The predicted molar refractivity (Wildman–Crippen MR) is 44.7 cm³/mol. The Kier molecular flexibility index (Phi) is 3.29. The van der Waals surface area contributed by atoms with Gasteiger partial charge in [0.15, 0.2) is 6.10 Å². The molecule has 0 aliphatic carbocycles. The Balaban J connectivity index is 2.43. The first-order valence-electron chi connectivity index (χ1n) is 4.18. The summed E-state index contributed by atoms with van der Waals surface area (Å²) in [7, 11) is 0. The molecular weight excluding hydrogens is 156 g/mol. The molecule has 0 spiro atoms. The van der Waals surface area contributed by atoms with Crippen LogP contribution in [0.3, 0.4) is 0 Å². The van der Waals surface area contributed by atoms with Gasteiger partial charge in [0.2, 0.25) is 0 Å². The molecule has 0 unspecified atom stereocenters. The van der Waals surface area contributed by atoms with E-state index in [1.54, 1.807) is 6.92 Å². The third-order valence-electron chi connectivity index (χ3n) is 1.79. The first-order valence-corrected chi connectivity index (χ1v) is 4.18. The molecule has 1 rings (SSSR count). The summed E-state index contributed by atoms with van der Waals surface area (Å²) in [6.07, 6.45) is 2.27. The van der Waals surface area contributed by atoms with Gasteiger partial charge < -0.3 is 9.47 Å². The van der Waals surface area contributed by atoms with E-state index >= 15 is 0 Å². The van der Waals surface area contributed by atoms with Crippen LogP contribution in [0.1, 0.15) is 20.3 Å². The largest absolute Gasteiger partial charge is 0.464 e. The van der Waals surface area contributed by atoms with Crippen LogP contribution in [0.4, 0.5) is 0 Å². The maximum Gasteiger partial charge on any atom is 0.335 e. The van der Waals surface area contributed by atoms with Crippen LogP contribution in [0.5, 0.6) is 0 Å². The standard InChI is InChI=1S/C9H14O3/c1-3-11-9(10)8-6-7(2)4-5-12-8/h4,8H,3,5-6H2,1-2H3/t8-/m0/s1. The lowest BCUT2D eigenvalue weighted by Gasteiger charge is -2.19. The van der Waals surface area contributed by atoms with Crippen LogP contribution in [0.2, 0.25) is 0 Å². The second-order valence-corrected chi connectivity index (χ2v) is 2.83. The van der Waals surface area contributed by atoms with Crippen LogP contribution in [0.25, 0.3) is 0 Å². The zero-order valence-electron chi connectivity index (χ0n) is 7.50. The van der Waals surface area contributed by atoms with Crippen LogP contribution in [-0.2, 0) is 14.3 Å². The molecule has 0 N–H and O–H groups in total. The van der Waals surface area contributed by atoms with Gasteiger partial charge in [-0.2, -0.15) is 0 Å². The molecule has 68 valence electrons. The fourth-order valence-corrected chi connectivity index (χ4v) is 1.13. The molecule has 0 fully saturated rings. The second-order valence-electron chi connectivity index (χ2n) is 2.83. The van der Waals surface area contributed by atoms with Crippen molar-refractivity contribution in [1.82, 2.24) is 0 Å². The SMILES string of the molecule is CCOC(=O)[C@@H]1CC(C)=CCO1. The highest BCUT2D eigenvalue weighted by Crippen LogP contribution is 2.14. The van der Waals surface area contributed by atoms with Gasteiger partial charge in [-0.3, -0.25) is 0 Å². The summed E-state index contributed by atoms with van der Waals surface area (Å²) >= 11 is 0. The molecule has 0 aromatic carbocycles. The smallest absolute Gasteiger partial charge is 0.335 e. The van der Waals surface area contributed by atoms with E-state index in [1.165, 1.54) is 5.57 Å². The second kappa shape index (κ2) is 4.26. The van der Waals surface area contributed by atoms with Crippen molar-refractivity contribution in [2.45, 2.75) is 26.4 Å². The minimum absolute atomic E-state index is 0.245. The highest BCUT2D eigenvalue weighted by atomic mass is 16.6. The van der Waals surface area contributed by atoms with Crippen molar-refractivity contribution in [2.75, 3.05) is 13.2 Å². The summed E-state index contributed by atoms with van der Waals surface area (Å²) in [6, 6.07) is 0. The average Bonchev–Trinajstić information content (AvgIpc) is 2.05.